The lowest BCUT2D eigenvalue weighted by molar-refractivity contribution is 0.102. The van der Waals surface area contributed by atoms with E-state index in [1.54, 1.807) is 25.3 Å². The van der Waals surface area contributed by atoms with Crippen LogP contribution in [0.1, 0.15) is 34.7 Å². The summed E-state index contributed by atoms with van der Waals surface area (Å²) in [4.78, 5) is 16.1. The van der Waals surface area contributed by atoms with Gasteiger partial charge in [0.1, 0.15) is 5.75 Å². The summed E-state index contributed by atoms with van der Waals surface area (Å²) in [6, 6.07) is 11.0. The molecule has 3 aromatic rings. The molecule has 2 heterocycles. The third-order valence-electron chi connectivity index (χ3n) is 5.26. The number of piperidine rings is 1. The summed E-state index contributed by atoms with van der Waals surface area (Å²) in [7, 11) is 1.58. The summed E-state index contributed by atoms with van der Waals surface area (Å²) in [5.41, 5.74) is 10.00. The zero-order chi connectivity index (χ0) is 18.8. The number of hydrogen-bond acceptors (Lipinski definition) is 4. The maximum Gasteiger partial charge on any atom is 0.255 e. The number of nitrogens with one attached hydrogen (secondary N) is 3. The van der Waals surface area contributed by atoms with Gasteiger partial charge in [-0.25, -0.2) is 0 Å². The normalized spacial score (nSPS) is 15.0. The van der Waals surface area contributed by atoms with Crippen molar-refractivity contribution in [1.29, 1.82) is 0 Å². The summed E-state index contributed by atoms with van der Waals surface area (Å²) in [5, 5.41) is 7.41. The number of fused-ring (bicyclic) bond motifs is 1. The van der Waals surface area contributed by atoms with Crippen LogP contribution in [-0.2, 0) is 0 Å². The highest BCUT2D eigenvalue weighted by atomic mass is 16.5. The molecular formula is C21H24N4O2. The number of H-pyrrole nitrogens is 1. The van der Waals surface area contributed by atoms with Crippen molar-refractivity contribution in [3.8, 4) is 5.75 Å². The highest BCUT2D eigenvalue weighted by Crippen LogP contribution is 2.32. The Labute approximate surface area is 158 Å². The van der Waals surface area contributed by atoms with Gasteiger partial charge in [-0.05, 0) is 67.7 Å². The third kappa shape index (κ3) is 3.48. The van der Waals surface area contributed by atoms with Crippen LogP contribution >= 0.6 is 0 Å². The molecule has 1 aliphatic rings. The lowest BCUT2D eigenvalue weighted by atomic mass is 9.89. The maximum absolute atomic E-state index is 12.8. The van der Waals surface area contributed by atoms with Gasteiger partial charge in [-0.1, -0.05) is 0 Å². The summed E-state index contributed by atoms with van der Waals surface area (Å²) in [6.07, 6.45) is 4.32. The number of aromatic amines is 1. The quantitative estimate of drug-likeness (QED) is 0.533. The fourth-order valence-corrected chi connectivity index (χ4v) is 3.72. The molecule has 0 aliphatic carbocycles. The number of carbonyl (C=O) groups excluding carboxylic acids is 1. The van der Waals surface area contributed by atoms with Crippen molar-refractivity contribution in [2.75, 3.05) is 31.2 Å². The first-order chi connectivity index (χ1) is 13.2. The molecule has 4 rings (SSSR count). The monoisotopic (exact) mass is 364 g/mol. The first-order valence-corrected chi connectivity index (χ1v) is 9.22. The van der Waals surface area contributed by atoms with Crippen LogP contribution in [0.3, 0.4) is 0 Å². The van der Waals surface area contributed by atoms with E-state index in [1.807, 2.05) is 18.2 Å². The van der Waals surface area contributed by atoms with Crippen molar-refractivity contribution in [2.45, 2.75) is 18.8 Å². The fourth-order valence-electron chi connectivity index (χ4n) is 3.72. The smallest absolute Gasteiger partial charge is 0.255 e. The third-order valence-corrected chi connectivity index (χ3v) is 5.26. The van der Waals surface area contributed by atoms with Crippen LogP contribution in [-0.4, -0.2) is 31.1 Å². The molecule has 1 aromatic heterocycles. The van der Waals surface area contributed by atoms with Crippen LogP contribution in [0, 0.1) is 0 Å². The Kier molecular flexibility index (Phi) is 4.73. The number of benzene rings is 2. The van der Waals surface area contributed by atoms with E-state index in [1.165, 1.54) is 5.56 Å². The molecule has 0 spiro atoms. The molecule has 1 fully saturated rings. The van der Waals surface area contributed by atoms with Gasteiger partial charge < -0.3 is 26.1 Å². The number of methoxy groups -OCH3 is 1. The number of nitrogen functional groups attached to an aromatic ring is 1. The molecule has 1 saturated heterocycles. The van der Waals surface area contributed by atoms with Crippen LogP contribution in [0.5, 0.6) is 5.75 Å². The Morgan fingerprint density at radius 1 is 1.19 bits per heavy atom. The lowest BCUT2D eigenvalue weighted by Crippen LogP contribution is -2.26. The molecule has 0 bridgehead atoms. The summed E-state index contributed by atoms with van der Waals surface area (Å²) in [5.74, 6) is 0.982. The number of hydrogen-bond donors (Lipinski definition) is 4. The fraction of sp³-hybridized carbons (Fsp3) is 0.286. The van der Waals surface area contributed by atoms with Gasteiger partial charge >= 0.3 is 0 Å². The van der Waals surface area contributed by atoms with Crippen molar-refractivity contribution < 1.29 is 9.53 Å². The summed E-state index contributed by atoms with van der Waals surface area (Å²) >= 11 is 0. The Morgan fingerprint density at radius 3 is 2.78 bits per heavy atom. The predicted octanol–water partition coefficient (Wildman–Crippen LogP) is 3.48. The minimum Gasteiger partial charge on any atom is -0.497 e. The van der Waals surface area contributed by atoms with E-state index in [-0.39, 0.29) is 5.91 Å². The molecule has 2 aromatic carbocycles. The number of carbonyl (C=O) groups is 1. The number of amides is 1. The van der Waals surface area contributed by atoms with Crippen molar-refractivity contribution in [3.63, 3.8) is 0 Å². The second-order valence-electron chi connectivity index (χ2n) is 6.94. The Morgan fingerprint density at radius 2 is 2.00 bits per heavy atom. The molecule has 0 unspecified atom stereocenters. The molecule has 5 N–H and O–H groups in total. The van der Waals surface area contributed by atoms with Gasteiger partial charge in [-0.3, -0.25) is 4.79 Å². The summed E-state index contributed by atoms with van der Waals surface area (Å²) < 4.78 is 5.21. The minimum absolute atomic E-state index is 0.186. The molecule has 1 amide bonds. The maximum atomic E-state index is 12.8. The van der Waals surface area contributed by atoms with Gasteiger partial charge in [0.15, 0.2) is 0 Å². The largest absolute Gasteiger partial charge is 0.497 e. The van der Waals surface area contributed by atoms with Crippen molar-refractivity contribution >= 4 is 28.2 Å². The van der Waals surface area contributed by atoms with E-state index in [0.29, 0.717) is 28.6 Å². The zero-order valence-electron chi connectivity index (χ0n) is 15.3. The van der Waals surface area contributed by atoms with Gasteiger partial charge in [-0.15, -0.1) is 0 Å². The van der Waals surface area contributed by atoms with Gasteiger partial charge in [0.2, 0.25) is 0 Å². The molecule has 0 atom stereocenters. The average molecular weight is 364 g/mol. The van der Waals surface area contributed by atoms with Gasteiger partial charge in [0.25, 0.3) is 5.91 Å². The standard InChI is InChI=1S/C21H24N4O2/c1-27-15-3-4-18(22)20(11-15)25-21(26)14-2-5-19-16(10-14)17(12-24-19)13-6-8-23-9-7-13/h2-5,10-13,23-24H,6-9,22H2,1H3,(H,25,26). The molecular weight excluding hydrogens is 340 g/mol. The lowest BCUT2D eigenvalue weighted by Gasteiger charge is -2.22. The molecule has 1 aliphatic heterocycles. The van der Waals surface area contributed by atoms with Crippen LogP contribution < -0.4 is 21.1 Å². The Hall–Kier alpha value is -2.99. The van der Waals surface area contributed by atoms with E-state index >= 15 is 0 Å². The molecule has 0 saturated carbocycles. The van der Waals surface area contributed by atoms with E-state index in [4.69, 9.17) is 10.5 Å². The number of anilines is 2. The van der Waals surface area contributed by atoms with Gasteiger partial charge in [0, 0.05) is 28.7 Å². The number of aromatic nitrogens is 1. The first kappa shape index (κ1) is 17.4. The van der Waals surface area contributed by atoms with E-state index in [0.717, 1.165) is 36.8 Å². The highest BCUT2D eigenvalue weighted by molar-refractivity contribution is 6.07. The minimum atomic E-state index is -0.186. The average Bonchev–Trinajstić information content (AvgIpc) is 3.13. The number of nitrogens with two attached hydrogens (primary N) is 1. The summed E-state index contributed by atoms with van der Waals surface area (Å²) in [6.45, 7) is 2.07. The zero-order valence-corrected chi connectivity index (χ0v) is 15.3. The highest BCUT2D eigenvalue weighted by Gasteiger charge is 2.19. The molecule has 27 heavy (non-hydrogen) atoms. The molecule has 140 valence electrons. The second kappa shape index (κ2) is 7.32. The number of ether oxygens (including phenoxy) is 1. The predicted molar refractivity (Wildman–Crippen MR) is 109 cm³/mol. The van der Waals surface area contributed by atoms with Crippen LogP contribution in [0.15, 0.2) is 42.6 Å². The van der Waals surface area contributed by atoms with E-state index in [2.05, 4.69) is 21.8 Å². The van der Waals surface area contributed by atoms with Crippen LogP contribution in [0.4, 0.5) is 11.4 Å². The first-order valence-electron chi connectivity index (χ1n) is 9.22. The number of rotatable bonds is 4. The van der Waals surface area contributed by atoms with Crippen molar-refractivity contribution in [1.82, 2.24) is 10.3 Å². The van der Waals surface area contributed by atoms with Gasteiger partial charge in [0.05, 0.1) is 18.5 Å². The molecule has 6 nitrogen and oxygen atoms in total. The van der Waals surface area contributed by atoms with Crippen LogP contribution in [0.25, 0.3) is 10.9 Å². The van der Waals surface area contributed by atoms with E-state index < -0.39 is 0 Å². The van der Waals surface area contributed by atoms with Crippen LogP contribution in [0.2, 0.25) is 0 Å². The van der Waals surface area contributed by atoms with E-state index in [9.17, 15) is 4.79 Å². The van der Waals surface area contributed by atoms with Crippen molar-refractivity contribution in [2.24, 2.45) is 0 Å². The van der Waals surface area contributed by atoms with Gasteiger partial charge in [-0.2, -0.15) is 0 Å². The molecule has 6 heteroatoms. The Bertz CT molecular complexity index is 973. The Balaban J connectivity index is 1.62. The second-order valence-corrected chi connectivity index (χ2v) is 6.94. The topological polar surface area (TPSA) is 92.2 Å². The van der Waals surface area contributed by atoms with Crippen molar-refractivity contribution in [3.05, 3.63) is 53.7 Å². The SMILES string of the molecule is COc1ccc(N)c(NC(=O)c2ccc3[nH]cc(C4CCNCC4)c3c2)c1. The molecule has 0 radical (unpaired) electrons.